The van der Waals surface area contributed by atoms with E-state index in [4.69, 9.17) is 4.74 Å². The molecule has 0 saturated heterocycles. The summed E-state index contributed by atoms with van der Waals surface area (Å²) in [6.45, 7) is 3.74. The minimum atomic E-state index is -1.14. The second-order valence-corrected chi connectivity index (χ2v) is 4.57. The summed E-state index contributed by atoms with van der Waals surface area (Å²) in [4.78, 5) is 0. The fourth-order valence-electron chi connectivity index (χ4n) is 2.37. The van der Waals surface area contributed by atoms with Crippen LogP contribution >= 0.6 is 0 Å². The highest BCUT2D eigenvalue weighted by molar-refractivity contribution is 5.42. The third kappa shape index (κ3) is 1.88. The number of aromatic nitrogens is 2. The maximum atomic E-state index is 10.9. The van der Waals surface area contributed by atoms with Gasteiger partial charge in [-0.15, -0.1) is 0 Å². The lowest BCUT2D eigenvalue weighted by atomic mass is 9.88. The second kappa shape index (κ2) is 4.46. The lowest BCUT2D eigenvalue weighted by Crippen LogP contribution is -2.27. The molecule has 1 heterocycles. The Balaban J connectivity index is 2.61. The van der Waals surface area contributed by atoms with Crippen LogP contribution in [-0.4, -0.2) is 22.0 Å². The smallest absolute Gasteiger partial charge is 0.163 e. The van der Waals surface area contributed by atoms with Crippen LogP contribution in [0.4, 0.5) is 0 Å². The molecule has 2 rings (SSSR count). The molecular weight excluding hydrogens is 228 g/mol. The number of hydrogen-bond donors (Lipinski definition) is 1. The highest BCUT2D eigenvalue weighted by Gasteiger charge is 2.33. The molecule has 0 fully saturated rings. The van der Waals surface area contributed by atoms with Gasteiger partial charge in [0.15, 0.2) is 5.75 Å². The average molecular weight is 246 g/mol. The van der Waals surface area contributed by atoms with E-state index < -0.39 is 5.60 Å². The van der Waals surface area contributed by atoms with Crippen molar-refractivity contribution in [3.63, 3.8) is 0 Å². The Hall–Kier alpha value is -1.81. The normalized spacial score (nSPS) is 14.3. The minimum Gasteiger partial charge on any atom is -0.493 e. The lowest BCUT2D eigenvalue weighted by molar-refractivity contribution is 0.0890. The molecule has 0 saturated carbocycles. The van der Waals surface area contributed by atoms with Crippen LogP contribution in [0.15, 0.2) is 30.5 Å². The molecular formula is C14H18N2O2. The quantitative estimate of drug-likeness (QED) is 0.901. The van der Waals surface area contributed by atoms with Gasteiger partial charge in [0.05, 0.1) is 13.3 Å². The van der Waals surface area contributed by atoms with Crippen LogP contribution in [0.1, 0.15) is 23.7 Å². The molecule has 0 aliphatic carbocycles. The Morgan fingerprint density at radius 1 is 1.33 bits per heavy atom. The molecule has 0 bridgehead atoms. The molecule has 0 aliphatic rings. The van der Waals surface area contributed by atoms with Crippen molar-refractivity contribution >= 4 is 0 Å². The number of benzene rings is 1. The molecule has 1 N–H and O–H groups in total. The van der Waals surface area contributed by atoms with E-state index in [-0.39, 0.29) is 0 Å². The maximum Gasteiger partial charge on any atom is 0.163 e. The van der Waals surface area contributed by atoms with Gasteiger partial charge in [0.1, 0.15) is 11.3 Å². The van der Waals surface area contributed by atoms with E-state index in [0.29, 0.717) is 11.4 Å². The highest BCUT2D eigenvalue weighted by atomic mass is 16.5. The fourth-order valence-corrected chi connectivity index (χ4v) is 2.37. The van der Waals surface area contributed by atoms with Gasteiger partial charge in [-0.2, -0.15) is 5.10 Å². The number of aryl methyl sites for hydroxylation is 2. The zero-order valence-electron chi connectivity index (χ0n) is 11.1. The Kier molecular flexibility index (Phi) is 3.13. The molecule has 4 heteroatoms. The van der Waals surface area contributed by atoms with Gasteiger partial charge in [0, 0.05) is 7.05 Å². The molecule has 1 atom stereocenters. The molecule has 0 spiro atoms. The van der Waals surface area contributed by atoms with Crippen molar-refractivity contribution in [3.8, 4) is 5.75 Å². The second-order valence-electron chi connectivity index (χ2n) is 4.57. The first-order valence-electron chi connectivity index (χ1n) is 5.83. The SMILES string of the molecule is COc1cnn(C)c1C(C)(O)c1ccccc1C. The van der Waals surface area contributed by atoms with Crippen LogP contribution in [-0.2, 0) is 12.6 Å². The number of ether oxygens (including phenoxy) is 1. The number of rotatable bonds is 3. The van der Waals surface area contributed by atoms with E-state index in [9.17, 15) is 5.11 Å². The molecule has 0 radical (unpaired) electrons. The Morgan fingerprint density at radius 3 is 2.61 bits per heavy atom. The van der Waals surface area contributed by atoms with Crippen LogP contribution in [0.5, 0.6) is 5.75 Å². The Bertz CT molecular complexity index is 559. The summed E-state index contributed by atoms with van der Waals surface area (Å²) in [5.74, 6) is 0.589. The van der Waals surface area contributed by atoms with Gasteiger partial charge in [-0.1, -0.05) is 24.3 Å². The predicted molar refractivity (Wildman–Crippen MR) is 69.6 cm³/mol. The Morgan fingerprint density at radius 2 is 2.00 bits per heavy atom. The van der Waals surface area contributed by atoms with Gasteiger partial charge in [-0.25, -0.2) is 0 Å². The first-order chi connectivity index (χ1) is 8.48. The molecule has 2 aromatic rings. The van der Waals surface area contributed by atoms with E-state index in [1.807, 2.05) is 31.2 Å². The monoisotopic (exact) mass is 246 g/mol. The van der Waals surface area contributed by atoms with Crippen molar-refractivity contribution < 1.29 is 9.84 Å². The van der Waals surface area contributed by atoms with Crippen LogP contribution < -0.4 is 4.74 Å². The van der Waals surface area contributed by atoms with E-state index >= 15 is 0 Å². The van der Waals surface area contributed by atoms with Gasteiger partial charge < -0.3 is 9.84 Å². The molecule has 18 heavy (non-hydrogen) atoms. The van der Waals surface area contributed by atoms with Gasteiger partial charge in [0.25, 0.3) is 0 Å². The summed E-state index contributed by atoms with van der Waals surface area (Å²) in [5, 5.41) is 15.0. The summed E-state index contributed by atoms with van der Waals surface area (Å²) in [6.07, 6.45) is 1.61. The summed E-state index contributed by atoms with van der Waals surface area (Å²) >= 11 is 0. The molecule has 4 nitrogen and oxygen atoms in total. The number of methoxy groups -OCH3 is 1. The van der Waals surface area contributed by atoms with Crippen molar-refractivity contribution in [2.75, 3.05) is 7.11 Å². The summed E-state index contributed by atoms with van der Waals surface area (Å²) in [7, 11) is 3.37. The van der Waals surface area contributed by atoms with Crippen molar-refractivity contribution in [2.45, 2.75) is 19.4 Å². The van der Waals surface area contributed by atoms with Crippen molar-refractivity contribution in [3.05, 3.63) is 47.3 Å². The zero-order chi connectivity index (χ0) is 13.3. The molecule has 0 amide bonds. The van der Waals surface area contributed by atoms with Crippen molar-refractivity contribution in [1.29, 1.82) is 0 Å². The topological polar surface area (TPSA) is 47.3 Å². The number of hydrogen-bond acceptors (Lipinski definition) is 3. The van der Waals surface area contributed by atoms with Crippen LogP contribution in [0, 0.1) is 6.92 Å². The third-order valence-electron chi connectivity index (χ3n) is 3.26. The van der Waals surface area contributed by atoms with Gasteiger partial charge in [-0.3, -0.25) is 4.68 Å². The summed E-state index contributed by atoms with van der Waals surface area (Å²) < 4.78 is 6.91. The van der Waals surface area contributed by atoms with Gasteiger partial charge in [0.2, 0.25) is 0 Å². The average Bonchev–Trinajstić information content (AvgIpc) is 2.71. The predicted octanol–water partition coefficient (Wildman–Crippen LogP) is 1.99. The molecule has 0 aliphatic heterocycles. The Labute approximate surface area is 107 Å². The van der Waals surface area contributed by atoms with E-state index in [1.165, 1.54) is 0 Å². The minimum absolute atomic E-state index is 0.589. The first kappa shape index (κ1) is 12.6. The summed E-state index contributed by atoms with van der Waals surface area (Å²) in [6, 6.07) is 7.77. The van der Waals surface area contributed by atoms with Crippen molar-refractivity contribution in [1.82, 2.24) is 9.78 Å². The largest absolute Gasteiger partial charge is 0.493 e. The van der Waals surface area contributed by atoms with Crippen LogP contribution in [0.25, 0.3) is 0 Å². The van der Waals surface area contributed by atoms with Gasteiger partial charge >= 0.3 is 0 Å². The van der Waals surface area contributed by atoms with E-state index in [0.717, 1.165) is 11.1 Å². The molecule has 1 aromatic heterocycles. The fraction of sp³-hybridized carbons (Fsp3) is 0.357. The molecule has 1 unspecified atom stereocenters. The molecule has 1 aromatic carbocycles. The maximum absolute atomic E-state index is 10.9. The number of nitrogens with zero attached hydrogens (tertiary/aromatic N) is 2. The highest BCUT2D eigenvalue weighted by Crippen LogP contribution is 2.36. The van der Waals surface area contributed by atoms with Crippen LogP contribution in [0.2, 0.25) is 0 Å². The van der Waals surface area contributed by atoms with Crippen molar-refractivity contribution in [2.24, 2.45) is 7.05 Å². The van der Waals surface area contributed by atoms with E-state index in [1.54, 1.807) is 32.0 Å². The standard InChI is InChI=1S/C14H18N2O2/c1-10-7-5-6-8-11(10)14(2,17)13-12(18-4)9-15-16(13)3/h5-9,17H,1-4H3. The first-order valence-corrected chi connectivity index (χ1v) is 5.83. The van der Waals surface area contributed by atoms with Gasteiger partial charge in [-0.05, 0) is 25.0 Å². The number of aliphatic hydroxyl groups is 1. The summed E-state index contributed by atoms with van der Waals surface area (Å²) in [5.41, 5.74) is 1.40. The lowest BCUT2D eigenvalue weighted by Gasteiger charge is -2.26. The molecule has 96 valence electrons. The zero-order valence-corrected chi connectivity index (χ0v) is 11.1. The third-order valence-corrected chi connectivity index (χ3v) is 3.26. The van der Waals surface area contributed by atoms with Crippen LogP contribution in [0.3, 0.4) is 0 Å². The van der Waals surface area contributed by atoms with E-state index in [2.05, 4.69) is 5.10 Å².